The minimum absolute atomic E-state index is 0.165. The van der Waals surface area contributed by atoms with Gasteiger partial charge >= 0.3 is 0 Å². The molecule has 1 saturated heterocycles. The maximum atomic E-state index is 11.9. The highest BCUT2D eigenvalue weighted by Gasteiger charge is 2.25. The van der Waals surface area contributed by atoms with Crippen LogP contribution in [0, 0.1) is 0 Å². The molecule has 2 aromatic rings. The van der Waals surface area contributed by atoms with Crippen LogP contribution in [0.15, 0.2) is 23.1 Å². The number of piperazine rings is 1. The molecule has 1 aliphatic carbocycles. The zero-order valence-corrected chi connectivity index (χ0v) is 16.3. The van der Waals surface area contributed by atoms with E-state index in [-0.39, 0.29) is 5.91 Å². The van der Waals surface area contributed by atoms with Crippen molar-refractivity contribution < 1.29 is 4.79 Å². The molecule has 7 nitrogen and oxygen atoms in total. The predicted molar refractivity (Wildman–Crippen MR) is 101 cm³/mol. The molecule has 1 N–H and O–H groups in total. The Bertz CT molecular complexity index is 735. The molecule has 25 heavy (non-hydrogen) atoms. The molecule has 3 heterocycles. The number of amides is 1. The third-order valence-corrected chi connectivity index (χ3v) is 5.87. The number of aromatic nitrogens is 3. The van der Waals surface area contributed by atoms with E-state index in [2.05, 4.69) is 41.1 Å². The lowest BCUT2D eigenvalue weighted by molar-refractivity contribution is -0.122. The molecule has 2 aliphatic rings. The maximum Gasteiger partial charge on any atom is 0.234 e. The van der Waals surface area contributed by atoms with Gasteiger partial charge in [-0.3, -0.25) is 14.4 Å². The van der Waals surface area contributed by atoms with E-state index in [1.165, 1.54) is 4.88 Å². The second kappa shape index (κ2) is 7.43. The number of carbonyl (C=O) groups is 1. The Morgan fingerprint density at radius 3 is 2.76 bits per heavy atom. The van der Waals surface area contributed by atoms with Crippen LogP contribution in [0.2, 0.25) is 0 Å². The molecule has 2 aromatic heterocycles. The van der Waals surface area contributed by atoms with Crippen molar-refractivity contribution in [2.75, 3.05) is 37.6 Å². The summed E-state index contributed by atoms with van der Waals surface area (Å²) >= 11 is 5.13. The number of rotatable bonds is 6. The number of hydrogen-bond acceptors (Lipinski definition) is 6. The Kier molecular flexibility index (Phi) is 5.05. The highest BCUT2D eigenvalue weighted by atomic mass is 79.9. The van der Waals surface area contributed by atoms with Crippen LogP contribution in [0.4, 0.5) is 5.13 Å². The van der Waals surface area contributed by atoms with Crippen molar-refractivity contribution in [3.05, 3.63) is 27.9 Å². The molecular formula is C16H21BrN6OS. The van der Waals surface area contributed by atoms with Gasteiger partial charge in [0.15, 0.2) is 5.13 Å². The molecule has 0 atom stereocenters. The third-order valence-electron chi connectivity index (χ3n) is 4.41. The standard InChI is InChI=1S/C16H21BrN6OS/c17-12-7-19-23(9-12)10-14-8-18-16(25-14)22-5-3-21(4-6-22)11-15(24)20-13-1-2-13/h7-9,13H,1-6,10-11H2,(H,20,24). The second-order valence-corrected chi connectivity index (χ2v) is 8.58. The summed E-state index contributed by atoms with van der Waals surface area (Å²) in [4.78, 5) is 22.2. The van der Waals surface area contributed by atoms with Crippen molar-refractivity contribution in [2.24, 2.45) is 0 Å². The third kappa shape index (κ3) is 4.59. The second-order valence-electron chi connectivity index (χ2n) is 6.57. The van der Waals surface area contributed by atoms with Crippen molar-refractivity contribution in [2.45, 2.75) is 25.4 Å². The maximum absolute atomic E-state index is 11.9. The smallest absolute Gasteiger partial charge is 0.234 e. The summed E-state index contributed by atoms with van der Waals surface area (Å²) in [7, 11) is 0. The number of nitrogens with zero attached hydrogens (tertiary/aromatic N) is 5. The van der Waals surface area contributed by atoms with Crippen molar-refractivity contribution in [1.29, 1.82) is 0 Å². The molecule has 0 aromatic carbocycles. The van der Waals surface area contributed by atoms with Gasteiger partial charge < -0.3 is 10.2 Å². The number of nitrogens with one attached hydrogen (secondary N) is 1. The van der Waals surface area contributed by atoms with E-state index >= 15 is 0 Å². The predicted octanol–water partition coefficient (Wildman–Crippen LogP) is 1.55. The van der Waals surface area contributed by atoms with Crippen LogP contribution in [-0.2, 0) is 11.3 Å². The fourth-order valence-corrected chi connectivity index (χ4v) is 4.18. The zero-order chi connectivity index (χ0) is 17.2. The van der Waals surface area contributed by atoms with E-state index in [1.54, 1.807) is 17.5 Å². The number of anilines is 1. The SMILES string of the molecule is O=C(CN1CCN(c2ncc(Cn3cc(Br)cn3)s2)CC1)NC1CC1. The highest BCUT2D eigenvalue weighted by molar-refractivity contribution is 9.10. The van der Waals surface area contributed by atoms with E-state index in [4.69, 9.17) is 0 Å². The van der Waals surface area contributed by atoms with E-state index in [9.17, 15) is 4.79 Å². The minimum atomic E-state index is 0.165. The lowest BCUT2D eigenvalue weighted by Crippen LogP contribution is -2.49. The summed E-state index contributed by atoms with van der Waals surface area (Å²) in [5, 5.41) is 8.40. The fraction of sp³-hybridized carbons (Fsp3) is 0.562. The lowest BCUT2D eigenvalue weighted by atomic mass is 10.3. The van der Waals surface area contributed by atoms with E-state index in [0.717, 1.165) is 55.2 Å². The minimum Gasteiger partial charge on any atom is -0.352 e. The van der Waals surface area contributed by atoms with Crippen molar-refractivity contribution >= 4 is 38.3 Å². The molecule has 1 aliphatic heterocycles. The van der Waals surface area contributed by atoms with Crippen LogP contribution in [0.5, 0.6) is 0 Å². The first-order chi connectivity index (χ1) is 12.2. The highest BCUT2D eigenvalue weighted by Crippen LogP contribution is 2.24. The van der Waals surface area contributed by atoms with Crippen LogP contribution in [-0.4, -0.2) is 64.3 Å². The van der Waals surface area contributed by atoms with E-state index in [0.29, 0.717) is 12.6 Å². The topological polar surface area (TPSA) is 66.3 Å². The van der Waals surface area contributed by atoms with Gasteiger partial charge in [0.25, 0.3) is 0 Å². The van der Waals surface area contributed by atoms with Crippen LogP contribution < -0.4 is 10.2 Å². The van der Waals surface area contributed by atoms with Gasteiger partial charge in [-0.25, -0.2) is 4.98 Å². The first-order valence-corrected chi connectivity index (χ1v) is 10.2. The van der Waals surface area contributed by atoms with Gasteiger partial charge in [-0.05, 0) is 28.8 Å². The molecule has 1 saturated carbocycles. The van der Waals surface area contributed by atoms with Crippen LogP contribution >= 0.6 is 27.3 Å². The van der Waals surface area contributed by atoms with E-state index < -0.39 is 0 Å². The van der Waals surface area contributed by atoms with Gasteiger partial charge in [0.05, 0.1) is 23.8 Å². The summed E-state index contributed by atoms with van der Waals surface area (Å²) in [6.45, 7) is 4.89. The van der Waals surface area contributed by atoms with Crippen LogP contribution in [0.25, 0.3) is 0 Å². The summed E-state index contributed by atoms with van der Waals surface area (Å²) in [5.41, 5.74) is 0. The first-order valence-electron chi connectivity index (χ1n) is 8.55. The number of hydrogen-bond donors (Lipinski definition) is 1. The Balaban J connectivity index is 1.26. The normalized spacial score (nSPS) is 18.5. The molecule has 0 unspecified atom stereocenters. The molecule has 0 bridgehead atoms. The van der Waals surface area contributed by atoms with Gasteiger partial charge in [0, 0.05) is 49.5 Å². The first kappa shape index (κ1) is 17.0. The Morgan fingerprint density at radius 1 is 1.28 bits per heavy atom. The van der Waals surface area contributed by atoms with Gasteiger partial charge in [0.1, 0.15) is 0 Å². The van der Waals surface area contributed by atoms with Gasteiger partial charge in [-0.1, -0.05) is 11.3 Å². The largest absolute Gasteiger partial charge is 0.352 e. The molecular weight excluding hydrogens is 404 g/mol. The summed E-state index contributed by atoms with van der Waals surface area (Å²) < 4.78 is 2.89. The summed E-state index contributed by atoms with van der Waals surface area (Å²) in [6.07, 6.45) is 7.97. The Hall–Kier alpha value is -1.45. The Morgan fingerprint density at radius 2 is 2.08 bits per heavy atom. The number of carbonyl (C=O) groups excluding carboxylic acids is 1. The monoisotopic (exact) mass is 424 g/mol. The summed E-state index contributed by atoms with van der Waals surface area (Å²) in [5.74, 6) is 0.165. The molecule has 9 heteroatoms. The van der Waals surface area contributed by atoms with Crippen molar-refractivity contribution in [3.63, 3.8) is 0 Å². The van der Waals surface area contributed by atoms with Crippen molar-refractivity contribution in [1.82, 2.24) is 25.0 Å². The molecule has 2 fully saturated rings. The molecule has 0 radical (unpaired) electrons. The van der Waals surface area contributed by atoms with Crippen LogP contribution in [0.1, 0.15) is 17.7 Å². The number of halogens is 1. The van der Waals surface area contributed by atoms with Crippen LogP contribution in [0.3, 0.4) is 0 Å². The molecule has 134 valence electrons. The fourth-order valence-electron chi connectivity index (χ4n) is 2.90. The summed E-state index contributed by atoms with van der Waals surface area (Å²) in [6, 6.07) is 0.443. The average Bonchev–Trinajstić information content (AvgIpc) is 3.12. The Labute approximate surface area is 159 Å². The van der Waals surface area contributed by atoms with Gasteiger partial charge in [0.2, 0.25) is 5.91 Å². The number of thiazole rings is 1. The van der Waals surface area contributed by atoms with Gasteiger partial charge in [-0.15, -0.1) is 0 Å². The average molecular weight is 425 g/mol. The zero-order valence-electron chi connectivity index (χ0n) is 13.9. The quantitative estimate of drug-likeness (QED) is 0.761. The molecule has 1 amide bonds. The van der Waals surface area contributed by atoms with Crippen molar-refractivity contribution in [3.8, 4) is 0 Å². The lowest BCUT2D eigenvalue weighted by Gasteiger charge is -2.34. The van der Waals surface area contributed by atoms with Gasteiger partial charge in [-0.2, -0.15) is 5.10 Å². The molecule has 0 spiro atoms. The molecule has 4 rings (SSSR count). The van der Waals surface area contributed by atoms with E-state index in [1.807, 2.05) is 17.1 Å².